The Labute approximate surface area is 197 Å². The zero-order valence-electron chi connectivity index (χ0n) is 20.1. The highest BCUT2D eigenvalue weighted by Crippen LogP contribution is 2.20. The van der Waals surface area contributed by atoms with Crippen LogP contribution in [0.4, 0.5) is 5.69 Å². The predicted octanol–water partition coefficient (Wildman–Crippen LogP) is 3.48. The molecule has 0 aliphatic heterocycles. The van der Waals surface area contributed by atoms with Crippen LogP contribution in [0.3, 0.4) is 0 Å². The van der Waals surface area contributed by atoms with Gasteiger partial charge in [0.2, 0.25) is 21.8 Å². The molecule has 0 aliphatic rings. The van der Waals surface area contributed by atoms with Crippen LogP contribution in [-0.2, 0) is 26.2 Å². The minimum atomic E-state index is -3.73. The maximum Gasteiger partial charge on any atom is 0.244 e. The molecule has 1 N–H and O–H groups in total. The van der Waals surface area contributed by atoms with E-state index >= 15 is 0 Å². The second-order valence-electron chi connectivity index (χ2n) is 8.36. The second kappa shape index (κ2) is 11.8. The molecule has 0 bridgehead atoms. The molecule has 0 radical (unpaired) electrons. The maximum atomic E-state index is 13.6. The number of hydrogen-bond donors (Lipinski definition) is 1. The smallest absolute Gasteiger partial charge is 0.244 e. The average molecular weight is 474 g/mol. The Bertz CT molecular complexity index is 1040. The third kappa shape index (κ3) is 7.60. The minimum Gasteiger partial charge on any atom is -0.352 e. The van der Waals surface area contributed by atoms with Crippen molar-refractivity contribution < 1.29 is 18.0 Å². The Morgan fingerprint density at radius 1 is 1.00 bits per heavy atom. The van der Waals surface area contributed by atoms with E-state index in [0.29, 0.717) is 12.1 Å². The van der Waals surface area contributed by atoms with E-state index in [9.17, 15) is 18.0 Å². The fraction of sp³-hybridized carbons (Fsp3) is 0.440. The number of carbonyl (C=O) groups excluding carboxylic acids is 2. The SMILES string of the molecule is CCC(C)NC(=O)C(CC)N(Cc1ccccc1)C(=O)CN(c1cccc(C)c1)S(C)(=O)=O. The molecule has 2 atom stereocenters. The quantitative estimate of drug-likeness (QED) is 0.541. The molecule has 0 aromatic heterocycles. The maximum absolute atomic E-state index is 13.6. The molecule has 7 nitrogen and oxygen atoms in total. The van der Waals surface area contributed by atoms with Gasteiger partial charge in [-0.2, -0.15) is 0 Å². The molecule has 8 heteroatoms. The first-order chi connectivity index (χ1) is 15.6. The van der Waals surface area contributed by atoms with Gasteiger partial charge in [0.05, 0.1) is 11.9 Å². The van der Waals surface area contributed by atoms with Crippen LogP contribution in [0.5, 0.6) is 0 Å². The summed E-state index contributed by atoms with van der Waals surface area (Å²) in [6, 6.07) is 15.6. The van der Waals surface area contributed by atoms with E-state index in [-0.39, 0.29) is 25.0 Å². The van der Waals surface area contributed by atoms with Gasteiger partial charge in [0, 0.05) is 12.6 Å². The van der Waals surface area contributed by atoms with E-state index in [1.54, 1.807) is 18.2 Å². The van der Waals surface area contributed by atoms with E-state index in [1.807, 2.05) is 64.1 Å². The molecule has 0 heterocycles. The molecule has 2 rings (SSSR count). The average Bonchev–Trinajstić information content (AvgIpc) is 2.76. The predicted molar refractivity (Wildman–Crippen MR) is 132 cm³/mol. The lowest BCUT2D eigenvalue weighted by Gasteiger charge is -2.33. The lowest BCUT2D eigenvalue weighted by molar-refractivity contribution is -0.140. The molecule has 33 heavy (non-hydrogen) atoms. The summed E-state index contributed by atoms with van der Waals surface area (Å²) < 4.78 is 26.3. The molecule has 0 saturated carbocycles. The Hall–Kier alpha value is -2.87. The topological polar surface area (TPSA) is 86.8 Å². The minimum absolute atomic E-state index is 0.0277. The van der Waals surface area contributed by atoms with E-state index in [1.165, 1.54) is 4.90 Å². The number of sulfonamides is 1. The van der Waals surface area contributed by atoms with Gasteiger partial charge >= 0.3 is 0 Å². The fourth-order valence-electron chi connectivity index (χ4n) is 3.54. The summed E-state index contributed by atoms with van der Waals surface area (Å²) >= 11 is 0. The molecular weight excluding hydrogens is 438 g/mol. The van der Waals surface area contributed by atoms with Crippen molar-refractivity contribution in [1.82, 2.24) is 10.2 Å². The van der Waals surface area contributed by atoms with Crippen molar-refractivity contribution >= 4 is 27.5 Å². The Morgan fingerprint density at radius 2 is 1.67 bits per heavy atom. The Morgan fingerprint density at radius 3 is 2.21 bits per heavy atom. The first-order valence-electron chi connectivity index (χ1n) is 11.2. The van der Waals surface area contributed by atoms with Crippen LogP contribution >= 0.6 is 0 Å². The molecule has 2 aromatic carbocycles. The van der Waals surface area contributed by atoms with Gasteiger partial charge < -0.3 is 10.2 Å². The largest absolute Gasteiger partial charge is 0.352 e. The monoisotopic (exact) mass is 473 g/mol. The van der Waals surface area contributed by atoms with Gasteiger partial charge in [-0.3, -0.25) is 13.9 Å². The first kappa shape index (κ1) is 26.4. The second-order valence-corrected chi connectivity index (χ2v) is 10.3. The van der Waals surface area contributed by atoms with E-state index in [2.05, 4.69) is 5.32 Å². The summed E-state index contributed by atoms with van der Waals surface area (Å²) in [5, 5.41) is 2.96. The number of hydrogen-bond acceptors (Lipinski definition) is 4. The zero-order chi connectivity index (χ0) is 24.6. The summed E-state index contributed by atoms with van der Waals surface area (Å²) in [4.78, 5) is 28.1. The van der Waals surface area contributed by atoms with Crippen molar-refractivity contribution in [3.8, 4) is 0 Å². The van der Waals surface area contributed by atoms with Crippen LogP contribution in [0.25, 0.3) is 0 Å². The molecule has 180 valence electrons. The third-order valence-corrected chi connectivity index (χ3v) is 6.69. The fourth-order valence-corrected chi connectivity index (χ4v) is 4.38. The molecule has 0 aliphatic carbocycles. The number of nitrogens with one attached hydrogen (secondary N) is 1. The number of rotatable bonds is 11. The number of anilines is 1. The summed E-state index contributed by atoms with van der Waals surface area (Å²) in [5.41, 5.74) is 2.17. The summed E-state index contributed by atoms with van der Waals surface area (Å²) in [7, 11) is -3.73. The highest BCUT2D eigenvalue weighted by atomic mass is 32.2. The highest BCUT2D eigenvalue weighted by molar-refractivity contribution is 7.92. The first-order valence-corrected chi connectivity index (χ1v) is 13.1. The number of carbonyl (C=O) groups is 2. The van der Waals surface area contributed by atoms with Crippen LogP contribution in [0.1, 0.15) is 44.7 Å². The number of amides is 2. The zero-order valence-corrected chi connectivity index (χ0v) is 20.9. The molecular formula is C25H35N3O4S. The number of aryl methyl sites for hydroxylation is 1. The van der Waals surface area contributed by atoms with Gasteiger partial charge in [-0.15, -0.1) is 0 Å². The number of benzene rings is 2. The van der Waals surface area contributed by atoms with Crippen molar-refractivity contribution in [3.63, 3.8) is 0 Å². The van der Waals surface area contributed by atoms with Crippen LogP contribution in [0.2, 0.25) is 0 Å². The van der Waals surface area contributed by atoms with E-state index in [4.69, 9.17) is 0 Å². The molecule has 0 saturated heterocycles. The van der Waals surface area contributed by atoms with Crippen molar-refractivity contribution in [3.05, 3.63) is 65.7 Å². The van der Waals surface area contributed by atoms with Gasteiger partial charge in [-0.1, -0.05) is 56.3 Å². The lowest BCUT2D eigenvalue weighted by Crippen LogP contribution is -2.53. The summed E-state index contributed by atoms with van der Waals surface area (Å²) in [6.45, 7) is 7.42. The lowest BCUT2D eigenvalue weighted by atomic mass is 10.1. The van der Waals surface area contributed by atoms with E-state index in [0.717, 1.165) is 28.1 Å². The van der Waals surface area contributed by atoms with Crippen molar-refractivity contribution in [2.45, 2.75) is 59.2 Å². The van der Waals surface area contributed by atoms with Crippen LogP contribution in [0.15, 0.2) is 54.6 Å². The molecule has 2 amide bonds. The molecule has 2 unspecified atom stereocenters. The van der Waals surface area contributed by atoms with Crippen molar-refractivity contribution in [1.29, 1.82) is 0 Å². The number of nitrogens with zero attached hydrogens (tertiary/aromatic N) is 2. The van der Waals surface area contributed by atoms with Gasteiger partial charge in [0.25, 0.3) is 0 Å². The highest BCUT2D eigenvalue weighted by Gasteiger charge is 2.32. The van der Waals surface area contributed by atoms with Crippen LogP contribution < -0.4 is 9.62 Å². The van der Waals surface area contributed by atoms with Crippen molar-refractivity contribution in [2.24, 2.45) is 0 Å². The third-order valence-electron chi connectivity index (χ3n) is 5.55. The normalized spacial score (nSPS) is 13.1. The van der Waals surface area contributed by atoms with Gasteiger partial charge in [0.1, 0.15) is 12.6 Å². The molecule has 0 fully saturated rings. The summed E-state index contributed by atoms with van der Waals surface area (Å²) in [6.07, 6.45) is 2.26. The van der Waals surface area contributed by atoms with Crippen LogP contribution in [-0.4, -0.2) is 50.0 Å². The molecule has 2 aromatic rings. The molecule has 0 spiro atoms. The van der Waals surface area contributed by atoms with Crippen molar-refractivity contribution in [2.75, 3.05) is 17.1 Å². The van der Waals surface area contributed by atoms with Gasteiger partial charge in [0.15, 0.2) is 0 Å². The van der Waals surface area contributed by atoms with Gasteiger partial charge in [-0.05, 0) is 49.9 Å². The van der Waals surface area contributed by atoms with E-state index < -0.39 is 22.0 Å². The Kier molecular flexibility index (Phi) is 9.46. The van der Waals surface area contributed by atoms with Crippen LogP contribution in [0, 0.1) is 6.92 Å². The standard InChI is InChI=1S/C25H35N3O4S/c1-6-20(4)26-25(30)23(7-2)27(17-21-13-9-8-10-14-21)24(29)18-28(33(5,31)32)22-15-11-12-19(3)16-22/h8-16,20,23H,6-7,17-18H2,1-5H3,(H,26,30). The Balaban J connectivity index is 2.41. The summed E-state index contributed by atoms with van der Waals surface area (Å²) in [5.74, 6) is -0.672. The van der Waals surface area contributed by atoms with Gasteiger partial charge in [-0.25, -0.2) is 8.42 Å².